The van der Waals surface area contributed by atoms with Gasteiger partial charge in [0.25, 0.3) is 0 Å². The van der Waals surface area contributed by atoms with Crippen molar-refractivity contribution in [1.29, 1.82) is 0 Å². The fraction of sp³-hybridized carbons (Fsp3) is 0.571. The second kappa shape index (κ2) is 9.38. The van der Waals surface area contributed by atoms with E-state index in [0.29, 0.717) is 18.2 Å². The van der Waals surface area contributed by atoms with E-state index in [-0.39, 0.29) is 11.4 Å². The topological polar surface area (TPSA) is 58.6 Å². The van der Waals surface area contributed by atoms with Gasteiger partial charge in [-0.15, -0.1) is 0 Å². The summed E-state index contributed by atoms with van der Waals surface area (Å²) >= 11 is 5.79. The molecule has 0 amide bonds. The van der Waals surface area contributed by atoms with Crippen LogP contribution in [0, 0.1) is 0 Å². The molecular formula is C14H23ClN2O3S. The number of hydrogen-bond acceptors (Lipinski definition) is 4. The Morgan fingerprint density at radius 2 is 1.95 bits per heavy atom. The van der Waals surface area contributed by atoms with Gasteiger partial charge in [0.1, 0.15) is 0 Å². The highest BCUT2D eigenvalue weighted by Crippen LogP contribution is 2.14. The highest BCUT2D eigenvalue weighted by Gasteiger charge is 2.13. The lowest BCUT2D eigenvalue weighted by atomic mass is 10.4. The molecule has 0 heterocycles. The van der Waals surface area contributed by atoms with Gasteiger partial charge in [0.05, 0.1) is 18.1 Å². The van der Waals surface area contributed by atoms with E-state index in [4.69, 9.17) is 16.3 Å². The standard InChI is InChI=1S/C14H23ClN2O3S/c1-3-17(4-2)9-11-20-10-8-16-21(18,19)14-7-5-6-13(15)12-14/h5-7,12,16H,3-4,8-11H2,1-2H3. The first kappa shape index (κ1) is 18.4. The zero-order chi connectivity index (χ0) is 15.7. The number of rotatable bonds is 10. The summed E-state index contributed by atoms with van der Waals surface area (Å²) in [5.74, 6) is 0. The van der Waals surface area contributed by atoms with E-state index in [1.807, 2.05) is 0 Å². The summed E-state index contributed by atoms with van der Waals surface area (Å²) in [6.45, 7) is 8.22. The lowest BCUT2D eigenvalue weighted by Gasteiger charge is -2.17. The van der Waals surface area contributed by atoms with Crippen LogP contribution in [0.15, 0.2) is 29.2 Å². The molecule has 1 aromatic rings. The molecule has 7 heteroatoms. The van der Waals surface area contributed by atoms with E-state index < -0.39 is 10.0 Å². The van der Waals surface area contributed by atoms with E-state index >= 15 is 0 Å². The molecule has 1 rings (SSSR count). The van der Waals surface area contributed by atoms with Crippen molar-refractivity contribution in [1.82, 2.24) is 9.62 Å². The number of sulfonamides is 1. The Hall–Kier alpha value is -0.660. The minimum Gasteiger partial charge on any atom is -0.379 e. The summed E-state index contributed by atoms with van der Waals surface area (Å²) in [6, 6.07) is 6.18. The molecule has 0 spiro atoms. The Bertz CT molecular complexity index is 519. The SMILES string of the molecule is CCN(CC)CCOCCNS(=O)(=O)c1cccc(Cl)c1. The number of nitrogens with one attached hydrogen (secondary N) is 1. The van der Waals surface area contributed by atoms with Crippen LogP contribution in [0.3, 0.4) is 0 Å². The van der Waals surface area contributed by atoms with Gasteiger partial charge in [0.2, 0.25) is 10.0 Å². The number of benzene rings is 1. The molecule has 0 aliphatic heterocycles. The predicted octanol–water partition coefficient (Wildman–Crippen LogP) is 1.98. The van der Waals surface area contributed by atoms with E-state index in [1.54, 1.807) is 12.1 Å². The van der Waals surface area contributed by atoms with Gasteiger partial charge in [-0.1, -0.05) is 31.5 Å². The van der Waals surface area contributed by atoms with Crippen molar-refractivity contribution in [2.24, 2.45) is 0 Å². The maximum Gasteiger partial charge on any atom is 0.240 e. The molecule has 0 saturated carbocycles. The monoisotopic (exact) mass is 334 g/mol. The fourth-order valence-electron chi connectivity index (χ4n) is 1.80. The summed E-state index contributed by atoms with van der Waals surface area (Å²) in [4.78, 5) is 2.41. The van der Waals surface area contributed by atoms with Gasteiger partial charge in [0.15, 0.2) is 0 Å². The van der Waals surface area contributed by atoms with Crippen LogP contribution < -0.4 is 4.72 Å². The van der Waals surface area contributed by atoms with Crippen LogP contribution >= 0.6 is 11.6 Å². The highest BCUT2D eigenvalue weighted by molar-refractivity contribution is 7.89. The minimum absolute atomic E-state index is 0.165. The van der Waals surface area contributed by atoms with Crippen molar-refractivity contribution in [3.8, 4) is 0 Å². The van der Waals surface area contributed by atoms with Gasteiger partial charge in [-0.2, -0.15) is 0 Å². The summed E-state index contributed by atoms with van der Waals surface area (Å²) < 4.78 is 31.9. The maximum absolute atomic E-state index is 12.0. The molecule has 0 atom stereocenters. The normalized spacial score (nSPS) is 12.0. The third-order valence-corrected chi connectivity index (χ3v) is 4.78. The van der Waals surface area contributed by atoms with Crippen molar-refractivity contribution in [3.05, 3.63) is 29.3 Å². The second-order valence-corrected chi connectivity index (χ2v) is 6.70. The van der Waals surface area contributed by atoms with Crippen molar-refractivity contribution in [2.75, 3.05) is 39.4 Å². The smallest absolute Gasteiger partial charge is 0.240 e. The third-order valence-electron chi connectivity index (χ3n) is 3.09. The molecule has 0 bridgehead atoms. The van der Waals surface area contributed by atoms with Crippen LogP contribution in [0.1, 0.15) is 13.8 Å². The van der Waals surface area contributed by atoms with Crippen molar-refractivity contribution in [3.63, 3.8) is 0 Å². The third kappa shape index (κ3) is 6.76. The number of nitrogens with zero attached hydrogens (tertiary/aromatic N) is 1. The first-order valence-electron chi connectivity index (χ1n) is 7.05. The molecule has 21 heavy (non-hydrogen) atoms. The molecule has 5 nitrogen and oxygen atoms in total. The molecule has 0 unspecified atom stereocenters. The van der Waals surface area contributed by atoms with Crippen molar-refractivity contribution in [2.45, 2.75) is 18.7 Å². The Morgan fingerprint density at radius 1 is 1.24 bits per heavy atom. The summed E-state index contributed by atoms with van der Waals surface area (Å²) in [5.41, 5.74) is 0. The van der Waals surface area contributed by atoms with Crippen LogP contribution in [0.5, 0.6) is 0 Å². The van der Waals surface area contributed by atoms with E-state index in [2.05, 4.69) is 23.5 Å². The summed E-state index contributed by atoms with van der Waals surface area (Å²) in [5, 5.41) is 0.397. The van der Waals surface area contributed by atoms with Crippen LogP contribution in [0.25, 0.3) is 0 Å². The average Bonchev–Trinajstić information content (AvgIpc) is 2.46. The first-order valence-corrected chi connectivity index (χ1v) is 8.91. The zero-order valence-electron chi connectivity index (χ0n) is 12.5. The zero-order valence-corrected chi connectivity index (χ0v) is 14.1. The molecule has 1 aromatic carbocycles. The van der Waals surface area contributed by atoms with E-state index in [0.717, 1.165) is 19.6 Å². The Morgan fingerprint density at radius 3 is 2.57 bits per heavy atom. The molecule has 0 fully saturated rings. The average molecular weight is 335 g/mol. The molecule has 0 aliphatic rings. The van der Waals surface area contributed by atoms with E-state index in [1.165, 1.54) is 12.1 Å². The van der Waals surface area contributed by atoms with Crippen LogP contribution in [-0.2, 0) is 14.8 Å². The summed E-state index contributed by atoms with van der Waals surface area (Å²) in [7, 11) is -3.52. The van der Waals surface area contributed by atoms with Gasteiger partial charge < -0.3 is 9.64 Å². The van der Waals surface area contributed by atoms with Gasteiger partial charge in [-0.25, -0.2) is 13.1 Å². The number of ether oxygens (including phenoxy) is 1. The maximum atomic E-state index is 12.0. The molecule has 0 radical (unpaired) electrons. The van der Waals surface area contributed by atoms with Crippen LogP contribution in [0.2, 0.25) is 5.02 Å². The molecule has 1 N–H and O–H groups in total. The Labute approximate surface area is 132 Å². The molecule has 0 aromatic heterocycles. The summed E-state index contributed by atoms with van der Waals surface area (Å²) in [6.07, 6.45) is 0. The van der Waals surface area contributed by atoms with E-state index in [9.17, 15) is 8.42 Å². The largest absolute Gasteiger partial charge is 0.379 e. The predicted molar refractivity (Wildman–Crippen MR) is 85.2 cm³/mol. The second-order valence-electron chi connectivity index (χ2n) is 4.49. The Balaban J connectivity index is 2.29. The van der Waals surface area contributed by atoms with Crippen molar-refractivity contribution >= 4 is 21.6 Å². The lowest BCUT2D eigenvalue weighted by Crippen LogP contribution is -2.30. The van der Waals surface area contributed by atoms with Crippen LogP contribution in [0.4, 0.5) is 0 Å². The van der Waals surface area contributed by atoms with Gasteiger partial charge in [0, 0.05) is 18.1 Å². The number of likely N-dealkylation sites (N-methyl/N-ethyl adjacent to an activating group) is 1. The highest BCUT2D eigenvalue weighted by atomic mass is 35.5. The van der Waals surface area contributed by atoms with Gasteiger partial charge in [-0.3, -0.25) is 0 Å². The molecule has 120 valence electrons. The molecule has 0 aliphatic carbocycles. The minimum atomic E-state index is -3.52. The lowest BCUT2D eigenvalue weighted by molar-refractivity contribution is 0.111. The number of halogens is 1. The van der Waals surface area contributed by atoms with Crippen LogP contribution in [-0.4, -0.2) is 52.7 Å². The van der Waals surface area contributed by atoms with Gasteiger partial charge >= 0.3 is 0 Å². The fourth-order valence-corrected chi connectivity index (χ4v) is 3.11. The quantitative estimate of drug-likeness (QED) is 0.665. The molecule has 0 saturated heterocycles. The number of hydrogen-bond donors (Lipinski definition) is 1. The van der Waals surface area contributed by atoms with Crippen molar-refractivity contribution < 1.29 is 13.2 Å². The first-order chi connectivity index (χ1) is 9.99. The van der Waals surface area contributed by atoms with Gasteiger partial charge in [-0.05, 0) is 31.3 Å². The Kier molecular flexibility index (Phi) is 8.21. The molecular weight excluding hydrogens is 312 g/mol.